The zero-order valence-corrected chi connectivity index (χ0v) is 8.60. The summed E-state index contributed by atoms with van der Waals surface area (Å²) in [6.45, 7) is 0.648. The van der Waals surface area contributed by atoms with Gasteiger partial charge in [-0.1, -0.05) is 0 Å². The molecule has 1 heterocycles. The van der Waals surface area contributed by atoms with Crippen LogP contribution in [0.25, 0.3) is 0 Å². The first kappa shape index (κ1) is 10.9. The Morgan fingerprint density at radius 2 is 2.06 bits per heavy atom. The monoisotopic (exact) mass is 225 g/mol. The maximum Gasteiger partial charge on any atom is 0.260 e. The van der Waals surface area contributed by atoms with Gasteiger partial charge in [0.15, 0.2) is 6.61 Å². The normalized spacial score (nSPS) is 15.8. The molecule has 1 N–H and O–H groups in total. The van der Waals surface area contributed by atoms with E-state index in [4.69, 9.17) is 9.84 Å². The van der Waals surface area contributed by atoms with Crippen LogP contribution in [0, 0.1) is 5.82 Å². The second-order valence-electron chi connectivity index (χ2n) is 3.70. The van der Waals surface area contributed by atoms with Crippen LogP contribution >= 0.6 is 0 Å². The molecule has 0 unspecified atom stereocenters. The molecule has 1 amide bonds. The summed E-state index contributed by atoms with van der Waals surface area (Å²) >= 11 is 0. The van der Waals surface area contributed by atoms with Crippen molar-refractivity contribution < 1.29 is 19.0 Å². The highest BCUT2D eigenvalue weighted by molar-refractivity contribution is 5.78. The largest absolute Gasteiger partial charge is 0.484 e. The highest BCUT2D eigenvalue weighted by Gasteiger charge is 2.28. The maximum atomic E-state index is 12.6. The van der Waals surface area contributed by atoms with Crippen molar-refractivity contribution in [2.75, 3.05) is 19.7 Å². The Bertz CT molecular complexity index is 373. The van der Waals surface area contributed by atoms with Crippen LogP contribution in [0.3, 0.4) is 0 Å². The first-order valence-electron chi connectivity index (χ1n) is 4.99. The van der Waals surface area contributed by atoms with E-state index in [9.17, 15) is 9.18 Å². The number of nitrogens with zero attached hydrogens (tertiary/aromatic N) is 1. The molecule has 0 aliphatic carbocycles. The molecule has 5 heteroatoms. The average molecular weight is 225 g/mol. The minimum Gasteiger partial charge on any atom is -0.484 e. The van der Waals surface area contributed by atoms with E-state index in [-0.39, 0.29) is 18.3 Å². The Kier molecular flexibility index (Phi) is 3.05. The third kappa shape index (κ3) is 2.49. The molecule has 0 atom stereocenters. The van der Waals surface area contributed by atoms with Crippen LogP contribution in [0.5, 0.6) is 5.75 Å². The van der Waals surface area contributed by atoms with Crippen LogP contribution in [0.2, 0.25) is 0 Å². The summed E-state index contributed by atoms with van der Waals surface area (Å²) < 4.78 is 17.7. The van der Waals surface area contributed by atoms with Crippen molar-refractivity contribution in [3.05, 3.63) is 30.1 Å². The number of hydrogen-bond donors (Lipinski definition) is 1. The van der Waals surface area contributed by atoms with Crippen LogP contribution in [0.1, 0.15) is 0 Å². The molecule has 1 aromatic rings. The van der Waals surface area contributed by atoms with Crippen LogP contribution in [-0.4, -0.2) is 41.7 Å². The molecule has 0 aromatic heterocycles. The fraction of sp³-hybridized carbons (Fsp3) is 0.364. The fourth-order valence-electron chi connectivity index (χ4n) is 1.43. The zero-order chi connectivity index (χ0) is 11.5. The molecule has 86 valence electrons. The first-order chi connectivity index (χ1) is 7.65. The highest BCUT2D eigenvalue weighted by Crippen LogP contribution is 2.12. The number of carbonyl (C=O) groups excluding carboxylic acids is 1. The molecule has 1 aliphatic heterocycles. The third-order valence-corrected chi connectivity index (χ3v) is 2.39. The van der Waals surface area contributed by atoms with E-state index in [1.807, 2.05) is 0 Å². The van der Waals surface area contributed by atoms with Crippen LogP contribution in [0.4, 0.5) is 4.39 Å². The number of β-amino-alcohol motifs (C(OH)–C–C–N with tert-alkyl or cyclic N) is 1. The van der Waals surface area contributed by atoms with Gasteiger partial charge in [0, 0.05) is 13.1 Å². The molecule has 0 bridgehead atoms. The summed E-state index contributed by atoms with van der Waals surface area (Å²) in [5.74, 6) is -0.0602. The van der Waals surface area contributed by atoms with Crippen molar-refractivity contribution in [1.82, 2.24) is 4.90 Å². The Balaban J connectivity index is 1.79. The van der Waals surface area contributed by atoms with E-state index in [0.717, 1.165) is 0 Å². The number of halogens is 1. The zero-order valence-electron chi connectivity index (χ0n) is 8.60. The second kappa shape index (κ2) is 4.49. The SMILES string of the molecule is O=C(COc1ccc(F)cc1)N1CC(O)C1. The van der Waals surface area contributed by atoms with Crippen LogP contribution in [-0.2, 0) is 4.79 Å². The number of hydrogen-bond acceptors (Lipinski definition) is 3. The number of aliphatic hydroxyl groups is 1. The lowest BCUT2D eigenvalue weighted by molar-refractivity contribution is -0.143. The molecule has 0 saturated carbocycles. The van der Waals surface area contributed by atoms with Crippen molar-refractivity contribution >= 4 is 5.91 Å². The molecule has 0 spiro atoms. The summed E-state index contributed by atoms with van der Waals surface area (Å²) in [5.41, 5.74) is 0. The number of ether oxygens (including phenoxy) is 1. The van der Waals surface area contributed by atoms with Crippen molar-refractivity contribution in [3.8, 4) is 5.75 Å². The quantitative estimate of drug-likeness (QED) is 0.810. The average Bonchev–Trinajstić information content (AvgIpc) is 2.24. The number of benzene rings is 1. The molecular weight excluding hydrogens is 213 g/mol. The van der Waals surface area contributed by atoms with E-state index >= 15 is 0 Å². The molecule has 2 rings (SSSR count). The van der Waals surface area contributed by atoms with Gasteiger partial charge in [0.1, 0.15) is 11.6 Å². The molecule has 1 fully saturated rings. The summed E-state index contributed by atoms with van der Waals surface area (Å²) in [4.78, 5) is 12.9. The van der Waals surface area contributed by atoms with Gasteiger partial charge in [-0.05, 0) is 24.3 Å². The van der Waals surface area contributed by atoms with E-state index in [1.54, 1.807) is 0 Å². The van der Waals surface area contributed by atoms with E-state index < -0.39 is 6.10 Å². The molecule has 1 aromatic carbocycles. The predicted molar refractivity (Wildman–Crippen MR) is 54.5 cm³/mol. The number of amides is 1. The molecule has 0 radical (unpaired) electrons. The summed E-state index contributed by atoms with van der Waals surface area (Å²) in [5, 5.41) is 9.01. The lowest BCUT2D eigenvalue weighted by Crippen LogP contribution is -2.54. The Labute approximate surface area is 92.2 Å². The second-order valence-corrected chi connectivity index (χ2v) is 3.70. The standard InChI is InChI=1S/C11H12FNO3/c12-8-1-3-10(4-2-8)16-7-11(15)13-5-9(14)6-13/h1-4,9,14H,5-7H2. The first-order valence-corrected chi connectivity index (χ1v) is 4.99. The molecule has 1 aliphatic rings. The van der Waals surface area contributed by atoms with Gasteiger partial charge in [0.2, 0.25) is 0 Å². The lowest BCUT2D eigenvalue weighted by Gasteiger charge is -2.35. The number of aliphatic hydroxyl groups excluding tert-OH is 1. The van der Waals surface area contributed by atoms with Crippen LogP contribution in [0.15, 0.2) is 24.3 Å². The predicted octanol–water partition coefficient (Wildman–Crippen LogP) is 0.408. The molecule has 16 heavy (non-hydrogen) atoms. The number of carbonyl (C=O) groups is 1. The highest BCUT2D eigenvalue weighted by atomic mass is 19.1. The Morgan fingerprint density at radius 1 is 1.44 bits per heavy atom. The minimum atomic E-state index is -0.408. The lowest BCUT2D eigenvalue weighted by atomic mass is 10.2. The third-order valence-electron chi connectivity index (χ3n) is 2.39. The van der Waals surface area contributed by atoms with Gasteiger partial charge < -0.3 is 14.7 Å². The van der Waals surface area contributed by atoms with Gasteiger partial charge in [-0.2, -0.15) is 0 Å². The molecule has 4 nitrogen and oxygen atoms in total. The Hall–Kier alpha value is -1.62. The van der Waals surface area contributed by atoms with Gasteiger partial charge in [0.05, 0.1) is 6.10 Å². The maximum absolute atomic E-state index is 12.6. The minimum absolute atomic E-state index is 0.0850. The van der Waals surface area contributed by atoms with Crippen molar-refractivity contribution in [2.45, 2.75) is 6.10 Å². The topological polar surface area (TPSA) is 49.8 Å². The van der Waals surface area contributed by atoms with Gasteiger partial charge in [-0.25, -0.2) is 4.39 Å². The van der Waals surface area contributed by atoms with E-state index in [0.29, 0.717) is 18.8 Å². The van der Waals surface area contributed by atoms with Gasteiger partial charge in [-0.3, -0.25) is 4.79 Å². The van der Waals surface area contributed by atoms with E-state index in [1.165, 1.54) is 29.2 Å². The number of likely N-dealkylation sites (tertiary alicyclic amines) is 1. The summed E-state index contributed by atoms with van der Waals surface area (Å²) in [6, 6.07) is 5.47. The van der Waals surface area contributed by atoms with E-state index in [2.05, 4.69) is 0 Å². The summed E-state index contributed by atoms with van der Waals surface area (Å²) in [7, 11) is 0. The molecular formula is C11H12FNO3. The Morgan fingerprint density at radius 3 is 2.62 bits per heavy atom. The fourth-order valence-corrected chi connectivity index (χ4v) is 1.43. The van der Waals surface area contributed by atoms with Crippen molar-refractivity contribution in [3.63, 3.8) is 0 Å². The van der Waals surface area contributed by atoms with Gasteiger partial charge in [0.25, 0.3) is 5.91 Å². The van der Waals surface area contributed by atoms with Gasteiger partial charge >= 0.3 is 0 Å². The van der Waals surface area contributed by atoms with Gasteiger partial charge in [-0.15, -0.1) is 0 Å². The number of rotatable bonds is 3. The molecule has 1 saturated heterocycles. The van der Waals surface area contributed by atoms with Crippen molar-refractivity contribution in [1.29, 1.82) is 0 Å². The van der Waals surface area contributed by atoms with Crippen molar-refractivity contribution in [2.24, 2.45) is 0 Å². The van der Waals surface area contributed by atoms with Crippen LogP contribution < -0.4 is 4.74 Å². The summed E-state index contributed by atoms with van der Waals surface area (Å²) in [6.07, 6.45) is -0.408. The smallest absolute Gasteiger partial charge is 0.260 e.